The average Bonchev–Trinajstić information content (AvgIpc) is 3.13. The van der Waals surface area contributed by atoms with Crippen LogP contribution in [0.5, 0.6) is 0 Å². The predicted octanol–water partition coefficient (Wildman–Crippen LogP) is 5.70. The summed E-state index contributed by atoms with van der Waals surface area (Å²) in [5.74, 6) is -0.313. The third-order valence-electron chi connectivity index (χ3n) is 4.10. The summed E-state index contributed by atoms with van der Waals surface area (Å²) in [6, 6.07) is 6.76. The monoisotopic (exact) mass is 518 g/mol. The van der Waals surface area contributed by atoms with Gasteiger partial charge in [0.1, 0.15) is 5.69 Å². The van der Waals surface area contributed by atoms with Crippen molar-refractivity contribution in [3.8, 4) is 5.82 Å². The van der Waals surface area contributed by atoms with Crippen LogP contribution in [0.25, 0.3) is 5.82 Å². The van der Waals surface area contributed by atoms with Crippen LogP contribution in [0.4, 0.5) is 18.9 Å². The number of rotatable bonds is 3. The first-order valence-corrected chi connectivity index (χ1v) is 9.72. The number of fused-ring (bicyclic) bond motifs is 1. The number of carbonyl (C=O) groups excluding carboxylic acids is 1. The van der Waals surface area contributed by atoms with E-state index in [-0.39, 0.29) is 22.4 Å². The number of hydrogen-bond donors (Lipinski definition) is 0. The van der Waals surface area contributed by atoms with Gasteiger partial charge in [0.25, 0.3) is 0 Å². The van der Waals surface area contributed by atoms with E-state index in [1.807, 2.05) is 0 Å². The molecule has 154 valence electrons. The van der Waals surface area contributed by atoms with Crippen molar-refractivity contribution < 1.29 is 22.7 Å². The summed E-state index contributed by atoms with van der Waals surface area (Å²) in [6.45, 7) is 0. The first-order chi connectivity index (χ1) is 14.2. The second-order valence-corrected chi connectivity index (χ2v) is 7.75. The molecule has 1 aliphatic heterocycles. The van der Waals surface area contributed by atoms with Gasteiger partial charge in [0.05, 0.1) is 10.7 Å². The van der Waals surface area contributed by atoms with E-state index in [2.05, 4.69) is 31.0 Å². The van der Waals surface area contributed by atoms with Gasteiger partial charge in [-0.15, -0.1) is 0 Å². The second kappa shape index (κ2) is 7.68. The number of ether oxygens (including phenoxy) is 1. The molecular formula is C18H8BrCl2F3N4O2. The van der Waals surface area contributed by atoms with Crippen LogP contribution in [0, 0.1) is 0 Å². The Kier molecular flexibility index (Phi) is 5.33. The van der Waals surface area contributed by atoms with Gasteiger partial charge in [0, 0.05) is 27.3 Å². The summed E-state index contributed by atoms with van der Waals surface area (Å²) in [7, 11) is 0. The van der Waals surface area contributed by atoms with E-state index in [4.69, 9.17) is 27.9 Å². The minimum Gasteiger partial charge on any atom is -0.460 e. The molecule has 2 aromatic heterocycles. The fourth-order valence-corrected chi connectivity index (χ4v) is 3.94. The van der Waals surface area contributed by atoms with Crippen LogP contribution in [-0.2, 0) is 15.7 Å². The van der Waals surface area contributed by atoms with Crippen LogP contribution in [0.1, 0.15) is 23.1 Å². The maximum absolute atomic E-state index is 13.4. The van der Waals surface area contributed by atoms with Gasteiger partial charge in [0.15, 0.2) is 23.9 Å². The zero-order valence-electron chi connectivity index (χ0n) is 14.5. The van der Waals surface area contributed by atoms with E-state index in [1.165, 1.54) is 24.4 Å². The van der Waals surface area contributed by atoms with Crippen molar-refractivity contribution in [2.75, 3.05) is 0 Å². The minimum absolute atomic E-state index is 0.0559. The maximum Gasteiger partial charge on any atom is 0.435 e. The van der Waals surface area contributed by atoms with Crippen molar-refractivity contribution in [2.24, 2.45) is 4.99 Å². The van der Waals surface area contributed by atoms with Gasteiger partial charge in [-0.3, -0.25) is 4.79 Å². The molecule has 0 saturated carbocycles. The molecule has 0 bridgehead atoms. The highest BCUT2D eigenvalue weighted by atomic mass is 79.9. The number of carbonyl (C=O) groups is 1. The fraction of sp³-hybridized carbons (Fsp3) is 0.111. The Bertz CT molecular complexity index is 1200. The zero-order chi connectivity index (χ0) is 21.6. The molecule has 0 amide bonds. The number of aromatic nitrogens is 3. The molecule has 0 saturated heterocycles. The summed E-state index contributed by atoms with van der Waals surface area (Å²) >= 11 is 15.4. The van der Waals surface area contributed by atoms with E-state index in [0.29, 0.717) is 27.0 Å². The molecular weight excluding hydrogens is 512 g/mol. The SMILES string of the molecule is O=CC1OC(c2cc(C(F)(F)F)nn2-c2ncccc2Cl)=Nc2c(Br)cc(Cl)cc21. The number of pyridine rings is 1. The third kappa shape index (κ3) is 3.70. The van der Waals surface area contributed by atoms with Crippen molar-refractivity contribution in [1.82, 2.24) is 14.8 Å². The second-order valence-electron chi connectivity index (χ2n) is 6.05. The lowest BCUT2D eigenvalue weighted by Gasteiger charge is -2.23. The van der Waals surface area contributed by atoms with E-state index in [1.54, 1.807) is 6.07 Å². The van der Waals surface area contributed by atoms with Gasteiger partial charge in [-0.25, -0.2) is 14.7 Å². The third-order valence-corrected chi connectivity index (χ3v) is 5.22. The molecule has 30 heavy (non-hydrogen) atoms. The number of aliphatic imine (C=N–C) groups is 1. The van der Waals surface area contributed by atoms with Crippen molar-refractivity contribution >= 4 is 57.0 Å². The molecule has 1 aliphatic rings. The summed E-state index contributed by atoms with van der Waals surface area (Å²) in [5, 5.41) is 3.99. The molecule has 0 spiro atoms. The predicted molar refractivity (Wildman–Crippen MR) is 107 cm³/mol. The Morgan fingerprint density at radius 2 is 2.00 bits per heavy atom. The molecule has 0 N–H and O–H groups in total. The highest BCUT2D eigenvalue weighted by molar-refractivity contribution is 9.10. The highest BCUT2D eigenvalue weighted by Crippen LogP contribution is 2.41. The number of hydrogen-bond acceptors (Lipinski definition) is 5. The number of halogens is 6. The standard InChI is InChI=1S/C18H8BrCl2F3N4O2/c19-10-5-8(20)4-9-13(7-29)30-17(26-15(9)10)12-6-14(18(22,23)24)27-28(12)16-11(21)2-1-3-25-16/h1-7,13H. The highest BCUT2D eigenvalue weighted by Gasteiger charge is 2.38. The van der Waals surface area contributed by atoms with Crippen LogP contribution in [0.15, 0.2) is 46.0 Å². The number of aldehydes is 1. The molecule has 4 rings (SSSR count). The number of benzene rings is 1. The van der Waals surface area contributed by atoms with Crippen LogP contribution in [0.2, 0.25) is 10.0 Å². The number of nitrogens with zero attached hydrogens (tertiary/aromatic N) is 4. The zero-order valence-corrected chi connectivity index (χ0v) is 17.6. The van der Waals surface area contributed by atoms with Gasteiger partial charge in [-0.05, 0) is 40.2 Å². The average molecular weight is 520 g/mol. The van der Waals surface area contributed by atoms with Gasteiger partial charge in [-0.2, -0.15) is 18.3 Å². The Balaban J connectivity index is 1.96. The summed E-state index contributed by atoms with van der Waals surface area (Å²) in [4.78, 5) is 19.9. The van der Waals surface area contributed by atoms with Gasteiger partial charge in [0.2, 0.25) is 5.90 Å². The van der Waals surface area contributed by atoms with E-state index in [9.17, 15) is 18.0 Å². The van der Waals surface area contributed by atoms with Crippen molar-refractivity contribution in [1.29, 1.82) is 0 Å². The summed E-state index contributed by atoms with van der Waals surface area (Å²) < 4.78 is 47.0. The van der Waals surface area contributed by atoms with Crippen molar-refractivity contribution in [3.05, 3.63) is 68.0 Å². The van der Waals surface area contributed by atoms with Crippen LogP contribution in [-0.4, -0.2) is 26.9 Å². The topological polar surface area (TPSA) is 69.4 Å². The minimum atomic E-state index is -4.74. The molecule has 1 aromatic carbocycles. The van der Waals surface area contributed by atoms with E-state index in [0.717, 1.165) is 10.7 Å². The van der Waals surface area contributed by atoms with Gasteiger partial charge in [-0.1, -0.05) is 23.2 Å². The lowest BCUT2D eigenvalue weighted by atomic mass is 10.1. The smallest absolute Gasteiger partial charge is 0.435 e. The Morgan fingerprint density at radius 1 is 1.23 bits per heavy atom. The van der Waals surface area contributed by atoms with Crippen LogP contribution >= 0.6 is 39.1 Å². The first kappa shape index (κ1) is 20.8. The fourth-order valence-electron chi connectivity index (χ4n) is 2.82. The summed E-state index contributed by atoms with van der Waals surface area (Å²) in [5.41, 5.74) is -0.714. The maximum atomic E-state index is 13.4. The van der Waals surface area contributed by atoms with Crippen LogP contribution in [0.3, 0.4) is 0 Å². The van der Waals surface area contributed by atoms with E-state index < -0.39 is 18.0 Å². The quantitative estimate of drug-likeness (QED) is 0.416. The molecule has 3 heterocycles. The van der Waals surface area contributed by atoms with Crippen LogP contribution < -0.4 is 0 Å². The molecule has 6 nitrogen and oxygen atoms in total. The normalized spacial score (nSPS) is 15.9. The Hall–Kier alpha value is -2.43. The van der Waals surface area contributed by atoms with Gasteiger partial charge < -0.3 is 4.74 Å². The van der Waals surface area contributed by atoms with Gasteiger partial charge >= 0.3 is 6.18 Å². The molecule has 0 fully saturated rings. The van der Waals surface area contributed by atoms with Crippen molar-refractivity contribution in [2.45, 2.75) is 12.3 Å². The largest absolute Gasteiger partial charge is 0.460 e. The first-order valence-electron chi connectivity index (χ1n) is 8.17. The summed E-state index contributed by atoms with van der Waals surface area (Å²) in [6.07, 6.45) is -4.03. The Labute approximate surface area is 185 Å². The van der Waals surface area contributed by atoms with E-state index >= 15 is 0 Å². The molecule has 1 atom stereocenters. The lowest BCUT2D eigenvalue weighted by molar-refractivity contribution is -0.141. The molecule has 1 unspecified atom stereocenters. The lowest BCUT2D eigenvalue weighted by Crippen LogP contribution is -2.21. The molecule has 0 radical (unpaired) electrons. The molecule has 12 heteroatoms. The molecule has 3 aromatic rings. The Morgan fingerprint density at radius 3 is 2.67 bits per heavy atom. The number of alkyl halides is 3. The van der Waals surface area contributed by atoms with Crippen molar-refractivity contribution in [3.63, 3.8) is 0 Å². The molecule has 0 aliphatic carbocycles.